The number of anilines is 2. The average Bonchev–Trinajstić information content (AvgIpc) is 2.91. The van der Waals surface area contributed by atoms with Gasteiger partial charge in [0.25, 0.3) is 0 Å². The Kier molecular flexibility index (Phi) is 5.11. The Hall–Kier alpha value is -2.41. The molecule has 2 aromatic rings. The van der Waals surface area contributed by atoms with Crippen molar-refractivity contribution in [2.45, 2.75) is 13.5 Å². The molecule has 1 aromatic heterocycles. The molecule has 0 atom stereocenters. The first-order valence-corrected chi connectivity index (χ1v) is 7.50. The number of amides is 1. The van der Waals surface area contributed by atoms with E-state index in [4.69, 9.17) is 4.74 Å². The lowest BCUT2D eigenvalue weighted by Crippen LogP contribution is -2.11. The number of hydrogen-bond donors (Lipinski definition) is 1. The Balaban J connectivity index is 1.96. The molecule has 1 N–H and O–H groups in total. The molecule has 0 saturated carbocycles. The summed E-state index contributed by atoms with van der Waals surface area (Å²) in [7, 11) is 3.81. The minimum atomic E-state index is -0.405. The van der Waals surface area contributed by atoms with Crippen LogP contribution in [0.4, 0.5) is 10.8 Å². The van der Waals surface area contributed by atoms with Gasteiger partial charge in [0.15, 0.2) is 5.13 Å². The van der Waals surface area contributed by atoms with Gasteiger partial charge in [-0.2, -0.15) is 0 Å². The van der Waals surface area contributed by atoms with Gasteiger partial charge in [0.05, 0.1) is 11.3 Å². The summed E-state index contributed by atoms with van der Waals surface area (Å²) in [6.45, 7) is 1.49. The van der Waals surface area contributed by atoms with Crippen molar-refractivity contribution in [1.29, 1.82) is 0 Å². The number of benzene rings is 1. The summed E-state index contributed by atoms with van der Waals surface area (Å²) in [5, 5.41) is 4.83. The molecule has 0 bridgehead atoms. The molecule has 116 valence electrons. The zero-order valence-electron chi connectivity index (χ0n) is 12.6. The first-order chi connectivity index (χ1) is 10.5. The summed E-state index contributed by atoms with van der Waals surface area (Å²) in [4.78, 5) is 29.0. The molecule has 0 radical (unpaired) electrons. The molecule has 0 fully saturated rings. The van der Waals surface area contributed by atoms with Gasteiger partial charge < -0.3 is 15.0 Å². The third-order valence-electron chi connectivity index (χ3n) is 2.78. The molecule has 2 rings (SSSR count). The van der Waals surface area contributed by atoms with Crippen LogP contribution in [-0.4, -0.2) is 31.0 Å². The lowest BCUT2D eigenvalue weighted by molar-refractivity contribution is -0.114. The molecule has 6 nitrogen and oxygen atoms in total. The van der Waals surface area contributed by atoms with E-state index < -0.39 is 5.97 Å². The zero-order chi connectivity index (χ0) is 16.1. The first kappa shape index (κ1) is 16.0. The fourth-order valence-electron chi connectivity index (χ4n) is 1.72. The fourth-order valence-corrected chi connectivity index (χ4v) is 2.46. The maximum absolute atomic E-state index is 12.0. The second-order valence-electron chi connectivity index (χ2n) is 4.85. The van der Waals surface area contributed by atoms with Crippen LogP contribution < -0.4 is 10.2 Å². The number of rotatable bonds is 5. The summed E-state index contributed by atoms with van der Waals surface area (Å²) in [6, 6.07) is 7.20. The van der Waals surface area contributed by atoms with E-state index in [0.717, 1.165) is 5.69 Å². The van der Waals surface area contributed by atoms with Crippen molar-refractivity contribution in [3.8, 4) is 0 Å². The van der Waals surface area contributed by atoms with Gasteiger partial charge in [-0.1, -0.05) is 6.07 Å². The normalized spacial score (nSPS) is 10.1. The van der Waals surface area contributed by atoms with Crippen LogP contribution in [0, 0.1) is 0 Å². The van der Waals surface area contributed by atoms with Gasteiger partial charge in [0.2, 0.25) is 5.91 Å². The standard InChI is InChI=1S/C15H17N3O3S/c1-10(19)16-15-17-12(9-22-15)8-21-14(20)11-5-4-6-13(7-11)18(2)3/h4-7,9H,8H2,1-3H3,(H,16,17,19). The summed E-state index contributed by atoms with van der Waals surface area (Å²) < 4.78 is 5.24. The lowest BCUT2D eigenvalue weighted by Gasteiger charge is -2.13. The molecule has 0 unspecified atom stereocenters. The Labute approximate surface area is 132 Å². The van der Waals surface area contributed by atoms with Crippen molar-refractivity contribution in [2.24, 2.45) is 0 Å². The van der Waals surface area contributed by atoms with Crippen molar-refractivity contribution < 1.29 is 14.3 Å². The topological polar surface area (TPSA) is 71.5 Å². The fraction of sp³-hybridized carbons (Fsp3) is 0.267. The van der Waals surface area contributed by atoms with E-state index in [1.54, 1.807) is 17.5 Å². The van der Waals surface area contributed by atoms with Crippen molar-refractivity contribution >= 4 is 34.0 Å². The van der Waals surface area contributed by atoms with Crippen LogP contribution in [0.5, 0.6) is 0 Å². The SMILES string of the molecule is CC(=O)Nc1nc(COC(=O)c2cccc(N(C)C)c2)cs1. The lowest BCUT2D eigenvalue weighted by atomic mass is 10.2. The van der Waals surface area contributed by atoms with E-state index in [-0.39, 0.29) is 12.5 Å². The number of carbonyl (C=O) groups excluding carboxylic acids is 2. The Bertz CT molecular complexity index is 682. The second-order valence-corrected chi connectivity index (χ2v) is 5.70. The smallest absolute Gasteiger partial charge is 0.338 e. The van der Waals surface area contributed by atoms with Crippen LogP contribution in [0.25, 0.3) is 0 Å². The van der Waals surface area contributed by atoms with Gasteiger partial charge in [0.1, 0.15) is 6.61 Å². The van der Waals surface area contributed by atoms with Gasteiger partial charge in [-0.25, -0.2) is 9.78 Å². The van der Waals surface area contributed by atoms with Crippen LogP contribution in [0.15, 0.2) is 29.6 Å². The molecule has 0 aliphatic carbocycles. The van der Waals surface area contributed by atoms with Crippen LogP contribution in [0.3, 0.4) is 0 Å². The van der Waals surface area contributed by atoms with Crippen molar-refractivity contribution in [1.82, 2.24) is 4.98 Å². The maximum atomic E-state index is 12.0. The third kappa shape index (κ3) is 4.29. The minimum Gasteiger partial charge on any atom is -0.456 e. The van der Waals surface area contributed by atoms with Crippen LogP contribution in [-0.2, 0) is 16.1 Å². The Morgan fingerprint density at radius 2 is 2.14 bits per heavy atom. The average molecular weight is 319 g/mol. The van der Waals surface area contributed by atoms with Crippen LogP contribution >= 0.6 is 11.3 Å². The number of aromatic nitrogens is 1. The van der Waals surface area contributed by atoms with E-state index in [1.807, 2.05) is 31.1 Å². The number of carbonyl (C=O) groups is 2. The van der Waals surface area contributed by atoms with E-state index in [1.165, 1.54) is 18.3 Å². The monoisotopic (exact) mass is 319 g/mol. The molecule has 0 spiro atoms. The summed E-state index contributed by atoms with van der Waals surface area (Å²) in [5.74, 6) is -0.587. The summed E-state index contributed by atoms with van der Waals surface area (Å²) >= 11 is 1.29. The number of ether oxygens (including phenoxy) is 1. The van der Waals surface area contributed by atoms with E-state index in [0.29, 0.717) is 16.4 Å². The van der Waals surface area contributed by atoms with Gasteiger partial charge in [0, 0.05) is 32.1 Å². The van der Waals surface area contributed by atoms with Crippen molar-refractivity contribution in [2.75, 3.05) is 24.3 Å². The van der Waals surface area contributed by atoms with Crippen molar-refractivity contribution in [3.05, 3.63) is 40.9 Å². The molecule has 1 aromatic carbocycles. The van der Waals surface area contributed by atoms with Crippen molar-refractivity contribution in [3.63, 3.8) is 0 Å². The predicted molar refractivity (Wildman–Crippen MR) is 86.3 cm³/mol. The zero-order valence-corrected chi connectivity index (χ0v) is 13.4. The molecule has 0 saturated heterocycles. The van der Waals surface area contributed by atoms with E-state index >= 15 is 0 Å². The van der Waals surface area contributed by atoms with Gasteiger partial charge in [-0.3, -0.25) is 4.79 Å². The quantitative estimate of drug-likeness (QED) is 0.858. The van der Waals surface area contributed by atoms with Gasteiger partial charge >= 0.3 is 5.97 Å². The molecule has 1 heterocycles. The van der Waals surface area contributed by atoms with E-state index in [2.05, 4.69) is 10.3 Å². The Morgan fingerprint density at radius 1 is 1.36 bits per heavy atom. The van der Waals surface area contributed by atoms with Crippen LogP contribution in [0.2, 0.25) is 0 Å². The van der Waals surface area contributed by atoms with Gasteiger partial charge in [-0.05, 0) is 18.2 Å². The number of nitrogens with one attached hydrogen (secondary N) is 1. The van der Waals surface area contributed by atoms with E-state index in [9.17, 15) is 9.59 Å². The highest BCUT2D eigenvalue weighted by Gasteiger charge is 2.10. The summed E-state index contributed by atoms with van der Waals surface area (Å²) in [6.07, 6.45) is 0. The number of nitrogens with zero attached hydrogens (tertiary/aromatic N) is 2. The summed E-state index contributed by atoms with van der Waals surface area (Å²) in [5.41, 5.74) is 2.02. The Morgan fingerprint density at radius 3 is 2.82 bits per heavy atom. The predicted octanol–water partition coefficient (Wildman–Crippen LogP) is 2.52. The third-order valence-corrected chi connectivity index (χ3v) is 3.59. The molecule has 22 heavy (non-hydrogen) atoms. The minimum absolute atomic E-state index is 0.0705. The maximum Gasteiger partial charge on any atom is 0.338 e. The number of esters is 1. The molecular weight excluding hydrogens is 302 g/mol. The molecular formula is C15H17N3O3S. The number of thiazole rings is 1. The molecule has 7 heteroatoms. The highest BCUT2D eigenvalue weighted by atomic mass is 32.1. The second kappa shape index (κ2) is 7.04. The highest BCUT2D eigenvalue weighted by molar-refractivity contribution is 7.13. The molecule has 1 amide bonds. The highest BCUT2D eigenvalue weighted by Crippen LogP contribution is 2.17. The van der Waals surface area contributed by atoms with Crippen LogP contribution in [0.1, 0.15) is 23.0 Å². The molecule has 0 aliphatic rings. The largest absolute Gasteiger partial charge is 0.456 e. The first-order valence-electron chi connectivity index (χ1n) is 6.62. The molecule has 0 aliphatic heterocycles. The number of hydrogen-bond acceptors (Lipinski definition) is 6. The van der Waals surface area contributed by atoms with Gasteiger partial charge in [-0.15, -0.1) is 11.3 Å².